The van der Waals surface area contributed by atoms with E-state index in [-0.39, 0.29) is 5.91 Å². The second kappa shape index (κ2) is 6.14. The molecule has 23 heavy (non-hydrogen) atoms. The lowest BCUT2D eigenvalue weighted by atomic mass is 10.2. The van der Waals surface area contributed by atoms with Crippen LogP contribution in [0, 0.1) is 6.92 Å². The first-order valence-electron chi connectivity index (χ1n) is 7.01. The Kier molecular flexibility index (Phi) is 4.04. The standard InChI is InChI=1S/C17H15ClN4O/c1-11(13-6-8-14(18)9-7-13)20-21-17(23)16-12(2)19-15-5-3-4-10-22(15)16/h3-10,20H,1H2,2H3,(H,21,23). The fourth-order valence-corrected chi connectivity index (χ4v) is 2.43. The molecule has 1 amide bonds. The third kappa shape index (κ3) is 3.05. The summed E-state index contributed by atoms with van der Waals surface area (Å²) < 4.78 is 1.75. The number of amides is 1. The predicted molar refractivity (Wildman–Crippen MR) is 91.0 cm³/mol. The molecule has 0 atom stereocenters. The van der Waals surface area contributed by atoms with Crippen molar-refractivity contribution < 1.29 is 4.79 Å². The van der Waals surface area contributed by atoms with E-state index in [1.165, 1.54) is 0 Å². The number of aromatic nitrogens is 2. The van der Waals surface area contributed by atoms with Gasteiger partial charge in [0.05, 0.1) is 11.4 Å². The van der Waals surface area contributed by atoms with Gasteiger partial charge in [-0.15, -0.1) is 0 Å². The summed E-state index contributed by atoms with van der Waals surface area (Å²) in [4.78, 5) is 16.8. The van der Waals surface area contributed by atoms with Crippen LogP contribution in [0.2, 0.25) is 5.02 Å². The molecule has 0 aliphatic rings. The third-order valence-electron chi connectivity index (χ3n) is 3.44. The SMILES string of the molecule is C=C(NNC(=O)c1c(C)nc2ccccn12)c1ccc(Cl)cc1. The van der Waals surface area contributed by atoms with Crippen LogP contribution in [-0.4, -0.2) is 15.3 Å². The number of benzene rings is 1. The van der Waals surface area contributed by atoms with E-state index in [9.17, 15) is 4.79 Å². The number of carbonyl (C=O) groups is 1. The lowest BCUT2D eigenvalue weighted by molar-refractivity contribution is 0.0936. The van der Waals surface area contributed by atoms with Crippen LogP contribution in [-0.2, 0) is 0 Å². The van der Waals surface area contributed by atoms with Crippen molar-refractivity contribution in [1.82, 2.24) is 20.2 Å². The molecule has 0 saturated carbocycles. The predicted octanol–water partition coefficient (Wildman–Crippen LogP) is 3.20. The maximum atomic E-state index is 12.4. The van der Waals surface area contributed by atoms with Gasteiger partial charge in [0.15, 0.2) is 0 Å². The number of carbonyl (C=O) groups excluding carboxylic acids is 1. The molecular formula is C17H15ClN4O. The first kappa shape index (κ1) is 15.1. The van der Waals surface area contributed by atoms with Gasteiger partial charge in [0.2, 0.25) is 0 Å². The highest BCUT2D eigenvalue weighted by Gasteiger charge is 2.16. The van der Waals surface area contributed by atoms with E-state index in [1.807, 2.05) is 30.3 Å². The number of nitrogens with zero attached hydrogens (tertiary/aromatic N) is 2. The van der Waals surface area contributed by atoms with Crippen molar-refractivity contribution in [3.05, 3.63) is 77.2 Å². The van der Waals surface area contributed by atoms with Crippen LogP contribution in [0.15, 0.2) is 55.2 Å². The van der Waals surface area contributed by atoms with E-state index < -0.39 is 0 Å². The van der Waals surface area contributed by atoms with Crippen molar-refractivity contribution in [2.45, 2.75) is 6.92 Å². The van der Waals surface area contributed by atoms with Crippen LogP contribution in [0.5, 0.6) is 0 Å². The number of hydrogen-bond donors (Lipinski definition) is 2. The zero-order valence-corrected chi connectivity index (χ0v) is 13.3. The van der Waals surface area contributed by atoms with Gasteiger partial charge in [-0.3, -0.25) is 20.0 Å². The second-order valence-electron chi connectivity index (χ2n) is 5.04. The van der Waals surface area contributed by atoms with Crippen LogP contribution < -0.4 is 10.9 Å². The molecule has 0 aliphatic heterocycles. The largest absolute Gasteiger partial charge is 0.298 e. The van der Waals surface area contributed by atoms with Crippen molar-refractivity contribution in [2.75, 3.05) is 0 Å². The number of hydrogen-bond acceptors (Lipinski definition) is 3. The normalized spacial score (nSPS) is 10.5. The van der Waals surface area contributed by atoms with Crippen molar-refractivity contribution in [2.24, 2.45) is 0 Å². The minimum absolute atomic E-state index is 0.281. The van der Waals surface area contributed by atoms with E-state index in [1.54, 1.807) is 29.7 Å². The molecule has 3 rings (SSSR count). The molecule has 1 aromatic carbocycles. The van der Waals surface area contributed by atoms with Gasteiger partial charge < -0.3 is 0 Å². The summed E-state index contributed by atoms with van der Waals surface area (Å²) in [6.45, 7) is 5.70. The van der Waals surface area contributed by atoms with E-state index in [4.69, 9.17) is 11.6 Å². The van der Waals surface area contributed by atoms with E-state index >= 15 is 0 Å². The Balaban J connectivity index is 1.75. The number of halogens is 1. The monoisotopic (exact) mass is 326 g/mol. The highest BCUT2D eigenvalue weighted by molar-refractivity contribution is 6.30. The highest BCUT2D eigenvalue weighted by atomic mass is 35.5. The quantitative estimate of drug-likeness (QED) is 0.724. The Labute approximate surface area is 138 Å². The number of rotatable bonds is 4. The first-order valence-corrected chi connectivity index (χ1v) is 7.39. The van der Waals surface area contributed by atoms with Crippen LogP contribution in [0.25, 0.3) is 11.3 Å². The van der Waals surface area contributed by atoms with E-state index in [2.05, 4.69) is 22.4 Å². The van der Waals surface area contributed by atoms with E-state index in [0.717, 1.165) is 11.2 Å². The molecule has 0 saturated heterocycles. The van der Waals surface area contributed by atoms with E-state index in [0.29, 0.717) is 22.1 Å². The molecule has 6 heteroatoms. The molecule has 3 aromatic rings. The molecule has 0 bridgehead atoms. The van der Waals surface area contributed by atoms with Gasteiger partial charge in [0.1, 0.15) is 11.3 Å². The summed E-state index contributed by atoms with van der Waals surface area (Å²) in [6.07, 6.45) is 1.80. The molecule has 2 N–H and O–H groups in total. The summed E-state index contributed by atoms with van der Waals surface area (Å²) >= 11 is 5.85. The lowest BCUT2D eigenvalue weighted by Crippen LogP contribution is -2.36. The van der Waals surface area contributed by atoms with Crippen LogP contribution in [0.4, 0.5) is 0 Å². The zero-order chi connectivity index (χ0) is 16.4. The first-order chi connectivity index (χ1) is 11.1. The topological polar surface area (TPSA) is 58.4 Å². The average Bonchev–Trinajstić information content (AvgIpc) is 2.88. The molecule has 116 valence electrons. The zero-order valence-electron chi connectivity index (χ0n) is 12.5. The molecule has 0 spiro atoms. The molecular weight excluding hydrogens is 312 g/mol. The summed E-state index contributed by atoms with van der Waals surface area (Å²) in [5.41, 5.74) is 8.75. The van der Waals surface area contributed by atoms with Gasteiger partial charge >= 0.3 is 0 Å². The minimum atomic E-state index is -0.281. The second-order valence-corrected chi connectivity index (χ2v) is 5.48. The summed E-state index contributed by atoms with van der Waals surface area (Å²) in [5, 5.41) is 0.645. The van der Waals surface area contributed by atoms with Crippen molar-refractivity contribution in [3.63, 3.8) is 0 Å². The minimum Gasteiger partial charge on any atom is -0.298 e. The number of pyridine rings is 1. The molecule has 2 heterocycles. The smallest absolute Gasteiger partial charge is 0.288 e. The third-order valence-corrected chi connectivity index (χ3v) is 3.69. The maximum absolute atomic E-state index is 12.4. The van der Waals surface area contributed by atoms with Crippen LogP contribution >= 0.6 is 11.6 Å². The average molecular weight is 327 g/mol. The molecule has 0 radical (unpaired) electrons. The summed E-state index contributed by atoms with van der Waals surface area (Å²) in [6, 6.07) is 12.8. The number of imidazole rings is 1. The lowest BCUT2D eigenvalue weighted by Gasteiger charge is -2.11. The van der Waals surface area contributed by atoms with Crippen molar-refractivity contribution in [3.8, 4) is 0 Å². The maximum Gasteiger partial charge on any atom is 0.288 e. The van der Waals surface area contributed by atoms with Gasteiger partial charge in [-0.25, -0.2) is 4.98 Å². The molecule has 0 aliphatic carbocycles. The number of aryl methyl sites for hydroxylation is 1. The van der Waals surface area contributed by atoms with Gasteiger partial charge in [-0.2, -0.15) is 0 Å². The van der Waals surface area contributed by atoms with Crippen molar-refractivity contribution in [1.29, 1.82) is 0 Å². The Morgan fingerprint density at radius 2 is 1.91 bits per heavy atom. The van der Waals surface area contributed by atoms with Gasteiger partial charge in [-0.1, -0.05) is 36.4 Å². The Bertz CT molecular complexity index is 883. The number of fused-ring (bicyclic) bond motifs is 1. The Morgan fingerprint density at radius 3 is 2.65 bits per heavy atom. The molecule has 2 aromatic heterocycles. The Morgan fingerprint density at radius 1 is 1.17 bits per heavy atom. The molecule has 0 unspecified atom stereocenters. The van der Waals surface area contributed by atoms with Crippen LogP contribution in [0.1, 0.15) is 21.7 Å². The van der Waals surface area contributed by atoms with Crippen molar-refractivity contribution >= 4 is 28.9 Å². The summed E-state index contributed by atoms with van der Waals surface area (Å²) in [5.74, 6) is -0.281. The summed E-state index contributed by atoms with van der Waals surface area (Å²) in [7, 11) is 0. The molecule has 0 fully saturated rings. The van der Waals surface area contributed by atoms with Gasteiger partial charge in [0.25, 0.3) is 5.91 Å². The number of hydrazine groups is 1. The van der Waals surface area contributed by atoms with Gasteiger partial charge in [0, 0.05) is 11.2 Å². The van der Waals surface area contributed by atoms with Crippen LogP contribution in [0.3, 0.4) is 0 Å². The fraction of sp³-hybridized carbons (Fsp3) is 0.0588. The Hall–Kier alpha value is -2.79. The fourth-order valence-electron chi connectivity index (χ4n) is 2.30. The molecule has 5 nitrogen and oxygen atoms in total. The highest BCUT2D eigenvalue weighted by Crippen LogP contribution is 2.14. The van der Waals surface area contributed by atoms with Gasteiger partial charge in [-0.05, 0) is 36.8 Å². The number of nitrogens with one attached hydrogen (secondary N) is 2.